The van der Waals surface area contributed by atoms with Gasteiger partial charge in [-0.2, -0.15) is 0 Å². The van der Waals surface area contributed by atoms with Crippen molar-refractivity contribution in [2.45, 2.75) is 50.3 Å². The molecule has 3 rings (SSSR count). The number of carbonyl (C=O) groups excluding carboxylic acids is 1. The molecule has 23 heavy (non-hydrogen) atoms. The fraction of sp³-hybridized carbons (Fsp3) is 0.688. The Morgan fingerprint density at radius 2 is 2.13 bits per heavy atom. The van der Waals surface area contributed by atoms with E-state index in [1.54, 1.807) is 11.4 Å². The lowest BCUT2D eigenvalue weighted by molar-refractivity contribution is -0.121. The predicted octanol–water partition coefficient (Wildman–Crippen LogP) is 2.36. The summed E-state index contributed by atoms with van der Waals surface area (Å²) in [7, 11) is -3.59. The van der Waals surface area contributed by atoms with Crippen LogP contribution in [0.2, 0.25) is 0 Å². The molecule has 2 aliphatic carbocycles. The Hall–Kier alpha value is -0.920. The van der Waals surface area contributed by atoms with Gasteiger partial charge in [0, 0.05) is 6.04 Å². The number of carbonyl (C=O) groups is 1. The molecule has 2 bridgehead atoms. The highest BCUT2D eigenvalue weighted by Crippen LogP contribution is 2.65. The number of amides is 1. The largest absolute Gasteiger partial charge is 0.352 e. The molecule has 1 heterocycles. The van der Waals surface area contributed by atoms with Gasteiger partial charge >= 0.3 is 0 Å². The molecule has 0 aliphatic heterocycles. The van der Waals surface area contributed by atoms with Crippen LogP contribution in [-0.4, -0.2) is 26.9 Å². The lowest BCUT2D eigenvalue weighted by atomic mass is 9.69. The zero-order valence-electron chi connectivity index (χ0n) is 13.8. The van der Waals surface area contributed by atoms with Gasteiger partial charge in [-0.05, 0) is 47.5 Å². The molecule has 1 aromatic rings. The third kappa shape index (κ3) is 2.72. The first-order valence-electron chi connectivity index (χ1n) is 7.99. The molecule has 3 atom stereocenters. The summed E-state index contributed by atoms with van der Waals surface area (Å²) in [6, 6.07) is 3.34. The maximum atomic E-state index is 12.2. The SMILES string of the molecule is CC1(C)C2CCC1(C)C(NC(=O)CNS(=O)(=O)c1cccs1)C2. The number of fused-ring (bicyclic) bond motifs is 2. The second kappa shape index (κ2) is 5.57. The summed E-state index contributed by atoms with van der Waals surface area (Å²) in [5.74, 6) is 0.389. The zero-order valence-corrected chi connectivity index (χ0v) is 15.4. The van der Waals surface area contributed by atoms with E-state index in [9.17, 15) is 13.2 Å². The van der Waals surface area contributed by atoms with Gasteiger partial charge in [-0.1, -0.05) is 26.8 Å². The molecule has 2 saturated carbocycles. The van der Waals surface area contributed by atoms with Crippen LogP contribution in [0.1, 0.15) is 40.0 Å². The van der Waals surface area contributed by atoms with Crippen molar-refractivity contribution in [3.8, 4) is 0 Å². The molecule has 5 nitrogen and oxygen atoms in total. The maximum absolute atomic E-state index is 12.2. The third-order valence-electron chi connectivity index (χ3n) is 6.31. The molecule has 0 radical (unpaired) electrons. The standard InChI is InChI=1S/C16H24N2O3S2/c1-15(2)11-6-7-16(15,3)12(9-11)18-13(19)10-17-23(20,21)14-5-4-8-22-14/h4-5,8,11-12,17H,6-7,9-10H2,1-3H3,(H,18,19). The molecule has 7 heteroatoms. The van der Waals surface area contributed by atoms with E-state index in [1.165, 1.54) is 12.5 Å². The summed E-state index contributed by atoms with van der Waals surface area (Å²) in [5.41, 5.74) is 0.321. The number of hydrogen-bond acceptors (Lipinski definition) is 4. The van der Waals surface area contributed by atoms with Crippen molar-refractivity contribution in [2.75, 3.05) is 6.54 Å². The van der Waals surface area contributed by atoms with Crippen LogP contribution >= 0.6 is 11.3 Å². The molecule has 1 amide bonds. The fourth-order valence-electron chi connectivity index (χ4n) is 4.32. The minimum Gasteiger partial charge on any atom is -0.352 e. The normalized spacial score (nSPS) is 32.1. The van der Waals surface area contributed by atoms with E-state index in [0.717, 1.165) is 24.2 Å². The Labute approximate surface area is 141 Å². The van der Waals surface area contributed by atoms with Crippen LogP contribution in [0.4, 0.5) is 0 Å². The summed E-state index contributed by atoms with van der Waals surface area (Å²) in [6.45, 7) is 6.62. The van der Waals surface area contributed by atoms with Crippen molar-refractivity contribution in [2.24, 2.45) is 16.7 Å². The van der Waals surface area contributed by atoms with E-state index in [-0.39, 0.29) is 33.5 Å². The summed E-state index contributed by atoms with van der Waals surface area (Å²) in [5, 5.41) is 4.76. The van der Waals surface area contributed by atoms with Crippen LogP contribution in [0.15, 0.2) is 21.7 Å². The van der Waals surface area contributed by atoms with Gasteiger partial charge in [0.1, 0.15) is 4.21 Å². The van der Waals surface area contributed by atoms with Gasteiger partial charge in [-0.15, -0.1) is 11.3 Å². The molecule has 128 valence electrons. The topological polar surface area (TPSA) is 75.3 Å². The monoisotopic (exact) mass is 356 g/mol. The highest BCUT2D eigenvalue weighted by molar-refractivity contribution is 7.91. The summed E-state index contributed by atoms with van der Waals surface area (Å²) < 4.78 is 26.7. The van der Waals surface area contributed by atoms with Crippen molar-refractivity contribution in [3.63, 3.8) is 0 Å². The molecule has 3 unspecified atom stereocenters. The molecule has 2 fully saturated rings. The number of rotatable bonds is 5. The first kappa shape index (κ1) is 16.9. The number of hydrogen-bond donors (Lipinski definition) is 2. The molecule has 2 aliphatic rings. The lowest BCUT2D eigenvalue weighted by Gasteiger charge is -2.39. The van der Waals surface area contributed by atoms with Crippen molar-refractivity contribution >= 4 is 27.3 Å². The van der Waals surface area contributed by atoms with E-state index >= 15 is 0 Å². The Kier molecular flexibility index (Phi) is 4.09. The van der Waals surface area contributed by atoms with Crippen LogP contribution in [0, 0.1) is 16.7 Å². The molecule has 2 N–H and O–H groups in total. The Morgan fingerprint density at radius 1 is 1.39 bits per heavy atom. The van der Waals surface area contributed by atoms with Gasteiger partial charge in [-0.25, -0.2) is 13.1 Å². The summed E-state index contributed by atoms with van der Waals surface area (Å²) in [6.07, 6.45) is 3.34. The smallest absolute Gasteiger partial charge is 0.250 e. The number of sulfonamides is 1. The average Bonchev–Trinajstić information content (AvgIpc) is 3.12. The van der Waals surface area contributed by atoms with Gasteiger partial charge in [0.2, 0.25) is 5.91 Å². The molecule has 0 aromatic carbocycles. The molecule has 0 saturated heterocycles. The van der Waals surface area contributed by atoms with Crippen molar-refractivity contribution in [3.05, 3.63) is 17.5 Å². The van der Waals surface area contributed by atoms with Crippen molar-refractivity contribution in [1.29, 1.82) is 0 Å². The van der Waals surface area contributed by atoms with Gasteiger partial charge in [0.25, 0.3) is 10.0 Å². The summed E-state index contributed by atoms with van der Waals surface area (Å²) in [4.78, 5) is 12.2. The van der Waals surface area contributed by atoms with Gasteiger partial charge in [0.05, 0.1) is 6.54 Å². The van der Waals surface area contributed by atoms with E-state index < -0.39 is 10.0 Å². The Morgan fingerprint density at radius 3 is 2.65 bits per heavy atom. The number of nitrogens with one attached hydrogen (secondary N) is 2. The maximum Gasteiger partial charge on any atom is 0.250 e. The third-order valence-corrected chi connectivity index (χ3v) is 9.11. The highest BCUT2D eigenvalue weighted by atomic mass is 32.2. The van der Waals surface area contributed by atoms with Crippen molar-refractivity contribution in [1.82, 2.24) is 10.0 Å². The minimum atomic E-state index is -3.59. The first-order chi connectivity index (χ1) is 10.7. The molecular formula is C16H24N2O3S2. The number of thiophene rings is 1. The van der Waals surface area contributed by atoms with Crippen LogP contribution in [0.25, 0.3) is 0 Å². The van der Waals surface area contributed by atoms with Gasteiger partial charge in [-0.3, -0.25) is 4.79 Å². The van der Waals surface area contributed by atoms with E-state index in [1.807, 2.05) is 0 Å². The van der Waals surface area contributed by atoms with Crippen LogP contribution in [-0.2, 0) is 14.8 Å². The van der Waals surface area contributed by atoms with Crippen molar-refractivity contribution < 1.29 is 13.2 Å². The van der Waals surface area contributed by atoms with Crippen LogP contribution in [0.5, 0.6) is 0 Å². The zero-order chi connectivity index (χ0) is 16.9. The van der Waals surface area contributed by atoms with E-state index in [0.29, 0.717) is 5.92 Å². The minimum absolute atomic E-state index is 0.0972. The Balaban J connectivity index is 1.59. The molecule has 1 aromatic heterocycles. The van der Waals surface area contributed by atoms with E-state index in [4.69, 9.17) is 0 Å². The predicted molar refractivity (Wildman–Crippen MR) is 90.7 cm³/mol. The highest BCUT2D eigenvalue weighted by Gasteiger charge is 2.61. The van der Waals surface area contributed by atoms with Gasteiger partial charge < -0.3 is 5.32 Å². The average molecular weight is 357 g/mol. The lowest BCUT2D eigenvalue weighted by Crippen LogP contribution is -2.49. The second-order valence-electron chi connectivity index (χ2n) is 7.49. The first-order valence-corrected chi connectivity index (χ1v) is 10.4. The second-order valence-corrected chi connectivity index (χ2v) is 10.4. The van der Waals surface area contributed by atoms with Crippen LogP contribution in [0.3, 0.4) is 0 Å². The molecular weight excluding hydrogens is 332 g/mol. The van der Waals surface area contributed by atoms with E-state index in [2.05, 4.69) is 30.8 Å². The fourth-order valence-corrected chi connectivity index (χ4v) is 6.34. The molecule has 0 spiro atoms. The summed E-state index contributed by atoms with van der Waals surface area (Å²) >= 11 is 1.14. The quantitative estimate of drug-likeness (QED) is 0.850. The van der Waals surface area contributed by atoms with Gasteiger partial charge in [0.15, 0.2) is 0 Å². The Bertz CT molecular complexity index is 697. The van der Waals surface area contributed by atoms with Crippen LogP contribution < -0.4 is 10.0 Å².